The second kappa shape index (κ2) is 23.8. The third-order valence-corrected chi connectivity index (χ3v) is 24.8. The van der Waals surface area contributed by atoms with Crippen LogP contribution in [0.5, 0.6) is 46.0 Å². The molecule has 4 unspecified atom stereocenters. The maximum atomic E-state index is 12.5. The Labute approximate surface area is 573 Å². The number of rotatable bonds is 4. The van der Waals surface area contributed by atoms with E-state index >= 15 is 0 Å². The molecule has 10 aliphatic carbocycles. The summed E-state index contributed by atoms with van der Waals surface area (Å²) < 4.78 is 59.4. The van der Waals surface area contributed by atoms with Gasteiger partial charge in [-0.15, -0.1) is 0 Å². The van der Waals surface area contributed by atoms with Crippen LogP contribution in [0.2, 0.25) is 0 Å². The molecule has 98 heavy (non-hydrogen) atoms. The first-order chi connectivity index (χ1) is 48.1. The normalized spacial score (nSPS) is 27.3. The molecule has 8 atom stereocenters. The van der Waals surface area contributed by atoms with Crippen molar-refractivity contribution in [1.82, 2.24) is 0 Å². The minimum Gasteiger partial charge on any atom is -0.489 e. The molecule has 496 valence electrons. The molecule has 0 spiro atoms. The highest BCUT2D eigenvalue weighted by atomic mass is 16.5. The molecule has 8 saturated carbocycles. The third kappa shape index (κ3) is 10.5. The summed E-state index contributed by atoms with van der Waals surface area (Å²) in [6, 6.07) is 49.6. The summed E-state index contributed by atoms with van der Waals surface area (Å²) in [4.78, 5) is 34.5. The van der Waals surface area contributed by atoms with Gasteiger partial charge in [-0.2, -0.15) is 9.98 Å². The van der Waals surface area contributed by atoms with Gasteiger partial charge in [-0.05, 0) is 212 Å². The monoisotopic (exact) mass is 1300 g/mol. The Morgan fingerprint density at radius 3 is 0.673 bits per heavy atom. The van der Waals surface area contributed by atoms with E-state index < -0.39 is 11.1 Å². The second-order valence-corrected chi connectivity index (χ2v) is 31.2. The Kier molecular flexibility index (Phi) is 14.6. The van der Waals surface area contributed by atoms with Crippen LogP contribution in [0.1, 0.15) is 177 Å². The van der Waals surface area contributed by atoms with E-state index in [1.165, 1.54) is 24.0 Å². The van der Waals surface area contributed by atoms with E-state index in [1.54, 1.807) is 0 Å². The number of isocyanates is 2. The van der Waals surface area contributed by atoms with Crippen molar-refractivity contribution in [2.75, 3.05) is 52.9 Å². The molecule has 12 heteroatoms. The zero-order chi connectivity index (χ0) is 65.2. The fraction of sp³-hybridized carbons (Fsp3) is 0.419. The SMILES string of the molecule is O=C=NC12C[C@H]3C[C@@H](C1)CC(c1cc4c5c(c1)Cc1cccc6c1OCCOc1c7cccc1Cc1cccc8c1OCCOc1c(cc(C9%10C[C@@H]%11C[C@@H](CC(N=C=O)(C%11)C9)C%10)cc1C6)Cc1cccc(c1OCCOc1c(cccc1C8)Cc1cccc(c1OCCO5)C7)C4)(C3)C2. The van der Waals surface area contributed by atoms with Crippen LogP contribution in [-0.2, 0) is 71.8 Å². The molecule has 32 bridgehead atoms. The van der Waals surface area contributed by atoms with E-state index in [1.807, 2.05) is 0 Å². The molecule has 8 aromatic rings. The lowest BCUT2D eigenvalue weighted by Gasteiger charge is -2.60. The third-order valence-electron chi connectivity index (χ3n) is 24.8. The number of carbonyl (C=O) groups excluding carboxylic acids is 2. The number of aliphatic imine (C=N–C) groups is 2. The lowest BCUT2D eigenvalue weighted by Crippen LogP contribution is -2.56. The molecule has 0 aromatic heterocycles. The van der Waals surface area contributed by atoms with Crippen LogP contribution in [0.25, 0.3) is 0 Å². The molecule has 12 nitrogen and oxygen atoms in total. The first-order valence-corrected chi connectivity index (χ1v) is 36.3. The Hall–Kier alpha value is -9.08. The number of nitrogens with zero attached hydrogens (tertiary/aromatic N) is 2. The van der Waals surface area contributed by atoms with E-state index in [9.17, 15) is 9.59 Å². The summed E-state index contributed by atoms with van der Waals surface area (Å²) >= 11 is 0. The zero-order valence-corrected chi connectivity index (χ0v) is 55.8. The summed E-state index contributed by atoms with van der Waals surface area (Å²) in [6.45, 7) is 2.19. The van der Waals surface area contributed by atoms with Gasteiger partial charge in [0.2, 0.25) is 12.2 Å². The summed E-state index contributed by atoms with van der Waals surface area (Å²) in [5, 5.41) is 0. The van der Waals surface area contributed by atoms with Gasteiger partial charge in [0.25, 0.3) is 0 Å². The van der Waals surface area contributed by atoms with Gasteiger partial charge < -0.3 is 37.9 Å². The van der Waals surface area contributed by atoms with E-state index in [0.717, 1.165) is 199 Å². The van der Waals surface area contributed by atoms with Crippen LogP contribution in [0.15, 0.2) is 143 Å². The molecular formula is C86H82N2O10. The van der Waals surface area contributed by atoms with Crippen molar-refractivity contribution < 1.29 is 47.5 Å². The summed E-state index contributed by atoms with van der Waals surface area (Å²) in [7, 11) is 0. The number of para-hydroxylation sites is 6. The van der Waals surface area contributed by atoms with Gasteiger partial charge in [-0.1, -0.05) is 133 Å². The molecule has 0 saturated heterocycles. The quantitative estimate of drug-likeness (QED) is 0.124. The average molecular weight is 1300 g/mol. The molecule has 8 aromatic carbocycles. The lowest BCUT2D eigenvalue weighted by atomic mass is 9.45. The topological polar surface area (TPSA) is 133 Å². The maximum absolute atomic E-state index is 12.5. The van der Waals surface area contributed by atoms with Gasteiger partial charge in [0.1, 0.15) is 98.9 Å². The summed E-state index contributed by atoms with van der Waals surface area (Å²) in [5.41, 5.74) is 18.2. The standard InChI is InChI=1S/C86H82N2O10/c89-51-87-85-45-53-27-54(46-85)42-83(41-53,49-85)73-37-69-33-65-15-5-16-66-34-70-38-74(84-43-55-28-56(44-84)48-86(47-55,50-84)88-52-90)40-72-36-68-18-6-17-67-35-71(39-73)81(69)97-25-23-93-77-61-11-3-13-63(77)31-59-9-2-10-60(76(59)92-20-22-96-80(67)68)32-64-14-4-12-62(78(64)94-24-26-98-82(70)72)30-58-8-1-7-57(29-61)75(58)91-19-21-95-79(65)66/h1-18,37-40,53-56H,19-36,41-50H2/t53-,54+,55-,56+,83?,84?,85?,86?. The first-order valence-electron chi connectivity index (χ1n) is 36.3. The van der Waals surface area contributed by atoms with Gasteiger partial charge in [0, 0.05) is 51.4 Å². The maximum Gasteiger partial charge on any atom is 0.235 e. The molecule has 14 aliphatic rings. The van der Waals surface area contributed by atoms with E-state index in [4.69, 9.17) is 47.9 Å². The van der Waals surface area contributed by atoms with Crippen molar-refractivity contribution in [2.24, 2.45) is 33.7 Å². The number of ether oxygens (including phenoxy) is 8. The Morgan fingerprint density at radius 1 is 0.276 bits per heavy atom. The molecular weight excluding hydrogens is 1220 g/mol. The van der Waals surface area contributed by atoms with Crippen molar-refractivity contribution in [3.8, 4) is 46.0 Å². The molecule has 0 radical (unpaired) electrons. The molecule has 4 heterocycles. The predicted molar refractivity (Wildman–Crippen MR) is 372 cm³/mol. The highest BCUT2D eigenvalue weighted by molar-refractivity contribution is 5.61. The molecule has 4 aliphatic heterocycles. The van der Waals surface area contributed by atoms with E-state index in [2.05, 4.69) is 146 Å². The van der Waals surface area contributed by atoms with Crippen LogP contribution >= 0.6 is 0 Å². The van der Waals surface area contributed by atoms with Crippen molar-refractivity contribution >= 4 is 12.2 Å². The summed E-state index contributed by atoms with van der Waals surface area (Å²) in [6.07, 6.45) is 20.3. The number of fused-ring (bicyclic) bond motifs is 12. The van der Waals surface area contributed by atoms with Crippen LogP contribution in [0.3, 0.4) is 0 Å². The van der Waals surface area contributed by atoms with E-state index in [-0.39, 0.29) is 63.7 Å². The second-order valence-electron chi connectivity index (χ2n) is 31.2. The van der Waals surface area contributed by atoms with Crippen molar-refractivity contribution in [1.29, 1.82) is 0 Å². The van der Waals surface area contributed by atoms with E-state index in [0.29, 0.717) is 75.0 Å². The minimum atomic E-state index is -0.419. The molecule has 0 amide bonds. The Bertz CT molecular complexity index is 4170. The van der Waals surface area contributed by atoms with Gasteiger partial charge in [-0.25, -0.2) is 9.59 Å². The van der Waals surface area contributed by atoms with Gasteiger partial charge in [0.15, 0.2) is 0 Å². The largest absolute Gasteiger partial charge is 0.489 e. The fourth-order valence-corrected chi connectivity index (χ4v) is 22.0. The number of hydrogen-bond donors (Lipinski definition) is 0. The molecule has 22 rings (SSSR count). The fourth-order valence-electron chi connectivity index (χ4n) is 22.0. The predicted octanol–water partition coefficient (Wildman–Crippen LogP) is 15.7. The number of hydrogen-bond acceptors (Lipinski definition) is 12. The van der Waals surface area contributed by atoms with Crippen molar-refractivity contribution in [2.45, 2.75) is 150 Å². The zero-order valence-electron chi connectivity index (χ0n) is 55.8. The van der Waals surface area contributed by atoms with Crippen LogP contribution in [0, 0.1) is 23.7 Å². The molecule has 0 N–H and O–H groups in total. The average Bonchev–Trinajstić information content (AvgIpc) is 0.716. The Balaban J connectivity index is 0.882. The lowest BCUT2D eigenvalue weighted by molar-refractivity contribution is -0.0217. The van der Waals surface area contributed by atoms with Crippen LogP contribution < -0.4 is 37.9 Å². The highest BCUT2D eigenvalue weighted by Gasteiger charge is 2.60. The van der Waals surface area contributed by atoms with Crippen molar-refractivity contribution in [3.63, 3.8) is 0 Å². The number of benzene rings is 8. The summed E-state index contributed by atoms with van der Waals surface area (Å²) in [5.74, 6) is 8.52. The van der Waals surface area contributed by atoms with Gasteiger partial charge in [-0.3, -0.25) is 0 Å². The Morgan fingerprint density at radius 2 is 0.469 bits per heavy atom. The molecule has 8 fully saturated rings. The van der Waals surface area contributed by atoms with Crippen LogP contribution in [0.4, 0.5) is 0 Å². The van der Waals surface area contributed by atoms with Gasteiger partial charge >= 0.3 is 0 Å². The van der Waals surface area contributed by atoms with Crippen molar-refractivity contribution in [3.05, 3.63) is 234 Å². The highest BCUT2D eigenvalue weighted by Crippen LogP contribution is 2.66. The van der Waals surface area contributed by atoms with Crippen LogP contribution in [-0.4, -0.2) is 76.1 Å². The van der Waals surface area contributed by atoms with Gasteiger partial charge in [0.05, 0.1) is 11.1 Å². The first kappa shape index (κ1) is 60.1. The smallest absolute Gasteiger partial charge is 0.235 e. The minimum absolute atomic E-state index is 0.207.